The Hall–Kier alpha value is -1.27. The van der Waals surface area contributed by atoms with Crippen molar-refractivity contribution in [3.8, 4) is 0 Å². The third kappa shape index (κ3) is 4.36. The molecule has 1 aliphatic rings. The second-order valence-corrected chi connectivity index (χ2v) is 8.18. The molecule has 0 bridgehead atoms. The molecule has 7 heteroatoms. The Balaban J connectivity index is 2.17. The van der Waals surface area contributed by atoms with E-state index in [1.165, 1.54) is 0 Å². The zero-order chi connectivity index (χ0) is 16.3. The smallest absolute Gasteiger partial charge is 0.243 e. The van der Waals surface area contributed by atoms with Crippen molar-refractivity contribution in [1.29, 1.82) is 0 Å². The summed E-state index contributed by atoms with van der Waals surface area (Å²) < 4.78 is 25.2. The van der Waals surface area contributed by atoms with E-state index in [-0.39, 0.29) is 12.5 Å². The summed E-state index contributed by atoms with van der Waals surface area (Å²) in [5, 5.41) is 0.522. The lowest BCUT2D eigenvalue weighted by Crippen LogP contribution is -2.46. The first kappa shape index (κ1) is 17.1. The monoisotopic (exact) mass is 344 g/mol. The van der Waals surface area contributed by atoms with Gasteiger partial charge in [0, 0.05) is 18.1 Å². The molecule has 122 valence electrons. The summed E-state index contributed by atoms with van der Waals surface area (Å²) in [7, 11) is -3.54. The average molecular weight is 345 g/mol. The van der Waals surface area contributed by atoms with Crippen molar-refractivity contribution in [2.75, 3.05) is 30.2 Å². The van der Waals surface area contributed by atoms with Crippen LogP contribution in [0.3, 0.4) is 0 Å². The fourth-order valence-corrected chi connectivity index (χ4v) is 3.62. The van der Waals surface area contributed by atoms with E-state index < -0.39 is 10.0 Å². The van der Waals surface area contributed by atoms with E-state index in [0.717, 1.165) is 23.4 Å². The van der Waals surface area contributed by atoms with Crippen LogP contribution < -0.4 is 4.31 Å². The third-order valence-electron chi connectivity index (χ3n) is 3.80. The summed E-state index contributed by atoms with van der Waals surface area (Å²) in [5.41, 5.74) is 0.449. The van der Waals surface area contributed by atoms with Crippen LogP contribution >= 0.6 is 11.6 Å². The van der Waals surface area contributed by atoms with E-state index in [4.69, 9.17) is 11.6 Å². The molecule has 1 aromatic rings. The molecular formula is C15H21ClN2O3S. The topological polar surface area (TPSA) is 57.7 Å². The molecule has 2 rings (SSSR count). The van der Waals surface area contributed by atoms with Crippen LogP contribution in [-0.2, 0) is 14.8 Å². The number of anilines is 1. The molecule has 0 radical (unpaired) electrons. The second kappa shape index (κ2) is 6.87. The molecule has 1 saturated heterocycles. The molecule has 0 unspecified atom stereocenters. The summed E-state index contributed by atoms with van der Waals surface area (Å²) in [6, 6.07) is 6.44. The van der Waals surface area contributed by atoms with Crippen LogP contribution in [0.2, 0.25) is 5.02 Å². The number of halogens is 1. The van der Waals surface area contributed by atoms with Gasteiger partial charge in [-0.15, -0.1) is 0 Å². The standard InChI is InChI=1S/C15H21ClN2O3S/c1-12-4-3-9-17(10-12)15(19)11-18(22(2,20)21)14-7-5-13(16)6-8-14/h5-8,12H,3-4,9-11H2,1-2H3/t12-/m1/s1. The molecular weight excluding hydrogens is 324 g/mol. The Morgan fingerprint density at radius 2 is 2.00 bits per heavy atom. The molecule has 0 saturated carbocycles. The first-order valence-corrected chi connectivity index (χ1v) is 9.51. The maximum Gasteiger partial charge on any atom is 0.243 e. The van der Waals surface area contributed by atoms with Crippen molar-refractivity contribution in [3.05, 3.63) is 29.3 Å². The van der Waals surface area contributed by atoms with Gasteiger partial charge in [-0.2, -0.15) is 0 Å². The van der Waals surface area contributed by atoms with Crippen LogP contribution in [0.5, 0.6) is 0 Å². The van der Waals surface area contributed by atoms with Gasteiger partial charge in [0.1, 0.15) is 6.54 Å². The molecule has 1 aliphatic heterocycles. The van der Waals surface area contributed by atoms with Crippen LogP contribution in [0.4, 0.5) is 5.69 Å². The molecule has 1 fully saturated rings. The van der Waals surface area contributed by atoms with Gasteiger partial charge in [-0.05, 0) is 43.0 Å². The van der Waals surface area contributed by atoms with E-state index in [9.17, 15) is 13.2 Å². The zero-order valence-corrected chi connectivity index (χ0v) is 14.4. The fourth-order valence-electron chi connectivity index (χ4n) is 2.65. The summed E-state index contributed by atoms with van der Waals surface area (Å²) in [6.45, 7) is 3.32. The predicted molar refractivity (Wildman–Crippen MR) is 88.6 cm³/mol. The van der Waals surface area contributed by atoms with Crippen LogP contribution in [0.15, 0.2) is 24.3 Å². The number of rotatable bonds is 4. The van der Waals surface area contributed by atoms with Gasteiger partial charge >= 0.3 is 0 Å². The first-order valence-electron chi connectivity index (χ1n) is 7.28. The van der Waals surface area contributed by atoms with E-state index in [1.807, 2.05) is 0 Å². The average Bonchev–Trinajstić information content (AvgIpc) is 2.44. The minimum absolute atomic E-state index is 0.160. The summed E-state index contributed by atoms with van der Waals surface area (Å²) in [5.74, 6) is 0.298. The summed E-state index contributed by atoms with van der Waals surface area (Å²) >= 11 is 5.83. The highest BCUT2D eigenvalue weighted by Crippen LogP contribution is 2.21. The second-order valence-electron chi connectivity index (χ2n) is 5.83. The predicted octanol–water partition coefficient (Wildman–Crippen LogP) is 2.36. The van der Waals surface area contributed by atoms with Gasteiger partial charge in [0.05, 0.1) is 11.9 Å². The summed E-state index contributed by atoms with van der Waals surface area (Å²) in [4.78, 5) is 14.2. The number of piperidine rings is 1. The maximum atomic E-state index is 12.4. The van der Waals surface area contributed by atoms with Crippen LogP contribution in [-0.4, -0.2) is 45.1 Å². The van der Waals surface area contributed by atoms with E-state index >= 15 is 0 Å². The molecule has 0 aliphatic carbocycles. The molecule has 0 spiro atoms. The third-order valence-corrected chi connectivity index (χ3v) is 5.20. The lowest BCUT2D eigenvalue weighted by atomic mass is 10.0. The maximum absolute atomic E-state index is 12.4. The van der Waals surface area contributed by atoms with E-state index in [0.29, 0.717) is 29.7 Å². The van der Waals surface area contributed by atoms with Gasteiger partial charge < -0.3 is 4.90 Å². The minimum atomic E-state index is -3.54. The van der Waals surface area contributed by atoms with Gasteiger partial charge in [0.2, 0.25) is 15.9 Å². The van der Waals surface area contributed by atoms with Gasteiger partial charge in [-0.3, -0.25) is 9.10 Å². The highest BCUT2D eigenvalue weighted by atomic mass is 35.5. The van der Waals surface area contributed by atoms with Crippen molar-refractivity contribution in [2.24, 2.45) is 5.92 Å². The van der Waals surface area contributed by atoms with Gasteiger partial charge in [-0.1, -0.05) is 18.5 Å². The highest BCUT2D eigenvalue weighted by Gasteiger charge is 2.26. The lowest BCUT2D eigenvalue weighted by molar-refractivity contribution is -0.131. The van der Waals surface area contributed by atoms with Crippen LogP contribution in [0.25, 0.3) is 0 Å². The molecule has 5 nitrogen and oxygen atoms in total. The quantitative estimate of drug-likeness (QED) is 0.842. The van der Waals surface area contributed by atoms with Crippen molar-refractivity contribution in [1.82, 2.24) is 4.90 Å². The SMILES string of the molecule is C[C@@H]1CCCN(C(=O)CN(c2ccc(Cl)cc2)S(C)(=O)=O)C1. The van der Waals surface area contributed by atoms with Crippen molar-refractivity contribution >= 4 is 33.2 Å². The molecule has 1 amide bonds. The minimum Gasteiger partial charge on any atom is -0.341 e. The Kier molecular flexibility index (Phi) is 5.34. The molecule has 22 heavy (non-hydrogen) atoms. The Morgan fingerprint density at radius 3 is 2.55 bits per heavy atom. The highest BCUT2D eigenvalue weighted by molar-refractivity contribution is 7.92. The van der Waals surface area contributed by atoms with E-state index in [2.05, 4.69) is 6.92 Å². The number of carbonyl (C=O) groups excluding carboxylic acids is 1. The Morgan fingerprint density at radius 1 is 1.36 bits per heavy atom. The van der Waals surface area contributed by atoms with Gasteiger partial charge in [-0.25, -0.2) is 8.42 Å². The molecule has 1 atom stereocenters. The number of hydrogen-bond donors (Lipinski definition) is 0. The number of benzene rings is 1. The number of carbonyl (C=O) groups is 1. The summed E-state index contributed by atoms with van der Waals surface area (Å²) in [6.07, 6.45) is 3.18. The Labute approximate surface area is 136 Å². The van der Waals surface area contributed by atoms with Gasteiger partial charge in [0.25, 0.3) is 0 Å². The van der Waals surface area contributed by atoms with Crippen molar-refractivity contribution in [3.63, 3.8) is 0 Å². The first-order chi connectivity index (χ1) is 10.3. The number of sulfonamides is 1. The molecule has 1 heterocycles. The lowest BCUT2D eigenvalue weighted by Gasteiger charge is -2.33. The number of nitrogens with zero attached hydrogens (tertiary/aromatic N) is 2. The number of likely N-dealkylation sites (tertiary alicyclic amines) is 1. The molecule has 1 aromatic carbocycles. The number of amides is 1. The van der Waals surface area contributed by atoms with E-state index in [1.54, 1.807) is 29.2 Å². The van der Waals surface area contributed by atoms with Crippen molar-refractivity contribution < 1.29 is 13.2 Å². The normalized spacial score (nSPS) is 19.0. The largest absolute Gasteiger partial charge is 0.341 e. The molecule has 0 aromatic heterocycles. The van der Waals surface area contributed by atoms with Gasteiger partial charge in [0.15, 0.2) is 0 Å². The van der Waals surface area contributed by atoms with Crippen LogP contribution in [0.1, 0.15) is 19.8 Å². The fraction of sp³-hybridized carbons (Fsp3) is 0.533. The number of hydrogen-bond acceptors (Lipinski definition) is 3. The van der Waals surface area contributed by atoms with Crippen LogP contribution in [0, 0.1) is 5.92 Å². The zero-order valence-electron chi connectivity index (χ0n) is 12.8. The van der Waals surface area contributed by atoms with Crippen molar-refractivity contribution in [2.45, 2.75) is 19.8 Å². The Bertz CT molecular complexity index is 631. The molecule has 0 N–H and O–H groups in total.